The van der Waals surface area contributed by atoms with Crippen LogP contribution >= 0.6 is 11.6 Å². The van der Waals surface area contributed by atoms with Crippen molar-refractivity contribution in [1.82, 2.24) is 9.62 Å². The summed E-state index contributed by atoms with van der Waals surface area (Å²) in [4.78, 5) is 18.5. The van der Waals surface area contributed by atoms with Gasteiger partial charge in [0.05, 0.1) is 30.8 Å². The van der Waals surface area contributed by atoms with Gasteiger partial charge in [-0.05, 0) is 139 Å². The van der Waals surface area contributed by atoms with Crippen LogP contribution in [0.5, 0.6) is 5.75 Å². The average molecular weight is 768 g/mol. The normalized spacial score (nSPS) is 26.6. The smallest absolute Gasteiger partial charge is 0.264 e. The lowest BCUT2D eigenvalue weighted by Crippen LogP contribution is -2.59. The van der Waals surface area contributed by atoms with Gasteiger partial charge >= 0.3 is 0 Å². The van der Waals surface area contributed by atoms with E-state index in [0.717, 1.165) is 95.2 Å². The third-order valence-corrected chi connectivity index (χ3v) is 14.9. The molecule has 1 N–H and O–H groups in total. The molecule has 4 atom stereocenters. The fraction of sp³-hybridized carbons (Fsp3) is 0.643. The van der Waals surface area contributed by atoms with Crippen LogP contribution in [-0.4, -0.2) is 89.2 Å². The Balaban J connectivity index is 1.22. The number of rotatable bonds is 12. The number of benzene rings is 2. The predicted molar refractivity (Wildman–Crippen MR) is 211 cm³/mol. The first kappa shape index (κ1) is 38.6. The molecule has 0 bridgehead atoms. The Bertz CT molecular complexity index is 1790. The molecule has 11 heteroatoms. The number of nitrogens with zero attached hydrogens (tertiary/aromatic N) is 2. The average Bonchev–Trinajstić information content (AvgIpc) is 3.25. The van der Waals surface area contributed by atoms with Crippen LogP contribution in [0.25, 0.3) is 0 Å². The number of fused-ring (bicyclic) bond motifs is 3. The van der Waals surface area contributed by atoms with Gasteiger partial charge in [-0.1, -0.05) is 36.7 Å². The summed E-state index contributed by atoms with van der Waals surface area (Å²) in [6.07, 6.45) is 13.1. The minimum absolute atomic E-state index is 0.270. The molecule has 3 heterocycles. The van der Waals surface area contributed by atoms with Crippen LogP contribution in [0.2, 0.25) is 5.02 Å². The lowest BCUT2D eigenvalue weighted by molar-refractivity contribution is -0.152. The van der Waals surface area contributed by atoms with Gasteiger partial charge in [-0.3, -0.25) is 4.79 Å². The lowest BCUT2D eigenvalue weighted by atomic mass is 9.63. The van der Waals surface area contributed by atoms with E-state index in [1.54, 1.807) is 19.9 Å². The molecule has 2 aromatic carbocycles. The van der Waals surface area contributed by atoms with Gasteiger partial charge in [0.1, 0.15) is 11.4 Å². The molecule has 2 aromatic rings. The van der Waals surface area contributed by atoms with Crippen LogP contribution < -0.4 is 14.4 Å². The minimum atomic E-state index is -3.80. The second-order valence-electron chi connectivity index (χ2n) is 16.7. The zero-order valence-corrected chi connectivity index (χ0v) is 33.6. The maximum absolute atomic E-state index is 13.4. The van der Waals surface area contributed by atoms with Gasteiger partial charge in [-0.2, -0.15) is 0 Å². The van der Waals surface area contributed by atoms with E-state index in [-0.39, 0.29) is 5.41 Å². The number of carbonyl (C=O) groups excluding carboxylic acids is 1. The number of carbonyl (C=O) groups is 1. The molecule has 1 amide bonds. The van der Waals surface area contributed by atoms with Crippen molar-refractivity contribution in [3.05, 3.63) is 70.3 Å². The topological polar surface area (TPSA) is 97.4 Å². The SMILES string of the molecule is CC/C=C/[C@](CN1CCC2(CC1)COC2)(OCC)[C@@H]1CC[C@H]1CN1C[C@@]2(CCCc3cc(Cl)ccc32)COc2ccc(C(=O)NS(=O)(=O)C(C)C)cc21. The molecule has 2 saturated heterocycles. The van der Waals surface area contributed by atoms with Crippen LogP contribution in [0.15, 0.2) is 48.6 Å². The van der Waals surface area contributed by atoms with Crippen LogP contribution in [0.1, 0.15) is 94.1 Å². The Kier molecular flexibility index (Phi) is 11.3. The maximum Gasteiger partial charge on any atom is 0.264 e. The van der Waals surface area contributed by atoms with Crippen molar-refractivity contribution in [1.29, 1.82) is 0 Å². The number of hydrogen-bond acceptors (Lipinski definition) is 8. The van der Waals surface area contributed by atoms with Gasteiger partial charge in [0.15, 0.2) is 0 Å². The summed E-state index contributed by atoms with van der Waals surface area (Å²) < 4.78 is 46.9. The van der Waals surface area contributed by atoms with E-state index in [4.69, 9.17) is 25.8 Å². The van der Waals surface area contributed by atoms with Gasteiger partial charge in [0, 0.05) is 47.7 Å². The highest BCUT2D eigenvalue weighted by Gasteiger charge is 2.51. The number of sulfonamides is 1. The highest BCUT2D eigenvalue weighted by atomic mass is 35.5. The number of anilines is 1. The highest BCUT2D eigenvalue weighted by molar-refractivity contribution is 7.90. The van der Waals surface area contributed by atoms with Crippen LogP contribution in [0.3, 0.4) is 0 Å². The van der Waals surface area contributed by atoms with E-state index < -0.39 is 26.8 Å². The summed E-state index contributed by atoms with van der Waals surface area (Å²) in [6.45, 7) is 14.9. The quantitative estimate of drug-likeness (QED) is 0.228. The van der Waals surface area contributed by atoms with E-state index in [1.807, 2.05) is 18.2 Å². The molecule has 2 spiro atoms. The molecule has 53 heavy (non-hydrogen) atoms. The first-order chi connectivity index (χ1) is 25.4. The van der Waals surface area contributed by atoms with E-state index in [1.165, 1.54) is 24.0 Å². The summed E-state index contributed by atoms with van der Waals surface area (Å²) >= 11 is 6.51. The number of nitrogens with one attached hydrogen (secondary N) is 1. The number of allylic oxidation sites excluding steroid dienone is 1. The Hall–Kier alpha value is -2.63. The molecule has 7 rings (SSSR count). The summed E-state index contributed by atoms with van der Waals surface area (Å²) in [5.41, 5.74) is 3.39. The Labute approximate surface area is 321 Å². The Morgan fingerprint density at radius 3 is 2.55 bits per heavy atom. The van der Waals surface area contributed by atoms with Crippen LogP contribution in [0.4, 0.5) is 5.69 Å². The standard InChI is InChI=1S/C42H58ClN3O6S/c1-5-7-17-42(52-6-2,26-45-20-18-40(19-21-45)27-50-28-40)36-13-10-33(36)24-46-25-41(16-8-9-31-22-34(43)12-14-35(31)41)29-51-38-15-11-32(23-37(38)46)39(47)44-53(48,49)30(3)4/h7,11-12,14-15,17,22-23,30,33,36H,5-6,8-10,13,16,18-21,24-29H2,1-4H3,(H,44,47)/b17-7+/t33-,36+,41-,42+/m0/s1. The first-order valence-corrected chi connectivity index (χ1v) is 21.8. The van der Waals surface area contributed by atoms with Crippen molar-refractivity contribution < 1.29 is 27.4 Å². The van der Waals surface area contributed by atoms with Crippen molar-refractivity contribution in [3.63, 3.8) is 0 Å². The second kappa shape index (κ2) is 15.5. The molecule has 2 aliphatic carbocycles. The number of hydrogen-bond donors (Lipinski definition) is 1. The van der Waals surface area contributed by atoms with Crippen LogP contribution in [-0.2, 0) is 31.3 Å². The Morgan fingerprint density at radius 2 is 1.89 bits per heavy atom. The summed E-state index contributed by atoms with van der Waals surface area (Å²) in [6, 6.07) is 11.6. The van der Waals surface area contributed by atoms with E-state index in [2.05, 4.69) is 52.7 Å². The van der Waals surface area contributed by atoms with E-state index in [0.29, 0.717) is 41.8 Å². The highest BCUT2D eigenvalue weighted by Crippen LogP contribution is 2.50. The molecule has 3 aliphatic heterocycles. The number of amides is 1. The minimum Gasteiger partial charge on any atom is -0.490 e. The predicted octanol–water partition coefficient (Wildman–Crippen LogP) is 7.16. The number of likely N-dealkylation sites (tertiary alicyclic amines) is 1. The molecular weight excluding hydrogens is 710 g/mol. The van der Waals surface area contributed by atoms with Gasteiger partial charge in [0.2, 0.25) is 10.0 Å². The molecule has 0 unspecified atom stereocenters. The van der Waals surface area contributed by atoms with Gasteiger partial charge in [-0.25, -0.2) is 13.1 Å². The maximum atomic E-state index is 13.4. The van der Waals surface area contributed by atoms with E-state index in [9.17, 15) is 13.2 Å². The van der Waals surface area contributed by atoms with E-state index >= 15 is 0 Å². The number of aryl methyl sites for hydroxylation is 1. The van der Waals surface area contributed by atoms with Gasteiger partial charge < -0.3 is 24.0 Å². The molecule has 3 fully saturated rings. The molecule has 0 radical (unpaired) electrons. The third kappa shape index (κ3) is 7.77. The largest absolute Gasteiger partial charge is 0.490 e. The summed E-state index contributed by atoms with van der Waals surface area (Å²) in [5, 5.41) is 0.0186. The Morgan fingerprint density at radius 1 is 1.09 bits per heavy atom. The van der Waals surface area contributed by atoms with Gasteiger partial charge in [-0.15, -0.1) is 0 Å². The third-order valence-electron chi connectivity index (χ3n) is 12.9. The number of halogens is 1. The first-order valence-electron chi connectivity index (χ1n) is 19.9. The number of piperidine rings is 1. The van der Waals surface area contributed by atoms with Crippen molar-refractivity contribution in [2.75, 3.05) is 64.1 Å². The molecule has 9 nitrogen and oxygen atoms in total. The van der Waals surface area contributed by atoms with Crippen molar-refractivity contribution in [2.45, 2.75) is 95.3 Å². The monoisotopic (exact) mass is 767 g/mol. The number of ether oxygens (including phenoxy) is 3. The summed E-state index contributed by atoms with van der Waals surface area (Å²) in [5.74, 6) is 0.744. The molecule has 290 valence electrons. The van der Waals surface area contributed by atoms with Crippen molar-refractivity contribution in [3.8, 4) is 5.75 Å². The van der Waals surface area contributed by atoms with Crippen molar-refractivity contribution in [2.24, 2.45) is 17.3 Å². The second-order valence-corrected chi connectivity index (χ2v) is 19.4. The molecular formula is C42H58ClN3O6S. The van der Waals surface area contributed by atoms with Crippen LogP contribution in [0, 0.1) is 17.3 Å². The zero-order valence-electron chi connectivity index (χ0n) is 32.0. The fourth-order valence-corrected chi connectivity index (χ4v) is 10.4. The molecule has 5 aliphatic rings. The van der Waals surface area contributed by atoms with Gasteiger partial charge in [0.25, 0.3) is 5.91 Å². The summed E-state index contributed by atoms with van der Waals surface area (Å²) in [7, 11) is -3.80. The zero-order chi connectivity index (χ0) is 37.4. The fourth-order valence-electron chi connectivity index (χ4n) is 9.57. The van der Waals surface area contributed by atoms with Crippen molar-refractivity contribution >= 4 is 33.2 Å². The molecule has 0 aromatic heterocycles. The molecule has 1 saturated carbocycles. The lowest BCUT2D eigenvalue weighted by Gasteiger charge is -2.54.